The molecule has 3 rings (SSSR count). The zero-order chi connectivity index (χ0) is 14.1. The maximum atomic E-state index is 12.3. The molecular formula is C16H21N3O. The number of carbonyl (C=O) groups is 1. The number of carbonyl (C=O) groups excluding carboxylic acids is 1. The summed E-state index contributed by atoms with van der Waals surface area (Å²) in [6.07, 6.45) is 5.70. The van der Waals surface area contributed by atoms with E-state index in [1.54, 1.807) is 4.90 Å². The largest absolute Gasteiger partial charge is 0.316 e. The van der Waals surface area contributed by atoms with Crippen molar-refractivity contribution in [3.63, 3.8) is 0 Å². The lowest BCUT2D eigenvalue weighted by molar-refractivity contribution is -0.134. The molecule has 0 saturated carbocycles. The fourth-order valence-electron chi connectivity index (χ4n) is 2.90. The predicted molar refractivity (Wildman–Crippen MR) is 78.5 cm³/mol. The van der Waals surface area contributed by atoms with Crippen molar-refractivity contribution in [2.45, 2.75) is 38.8 Å². The molecule has 0 spiro atoms. The molecule has 4 heteroatoms. The fourth-order valence-corrected chi connectivity index (χ4v) is 2.90. The summed E-state index contributed by atoms with van der Waals surface area (Å²) in [5.74, 6) is 0.190. The Morgan fingerprint density at radius 2 is 1.95 bits per heavy atom. The van der Waals surface area contributed by atoms with Crippen LogP contribution in [0.25, 0.3) is 0 Å². The third-order valence-corrected chi connectivity index (χ3v) is 4.21. The van der Waals surface area contributed by atoms with Crippen LogP contribution in [0.2, 0.25) is 0 Å². The van der Waals surface area contributed by atoms with E-state index in [1.165, 1.54) is 11.1 Å². The second kappa shape index (κ2) is 5.29. The molecule has 0 radical (unpaired) electrons. The Hall–Kier alpha value is -1.81. The second-order valence-corrected chi connectivity index (χ2v) is 5.36. The van der Waals surface area contributed by atoms with Crippen LogP contribution in [0, 0.1) is 0 Å². The number of hydrogen-bond acceptors (Lipinski definition) is 3. The van der Waals surface area contributed by atoms with E-state index in [4.69, 9.17) is 0 Å². The number of aryl methyl sites for hydroxylation is 1. The molecule has 1 saturated heterocycles. The zero-order valence-electron chi connectivity index (χ0n) is 12.0. The monoisotopic (exact) mass is 271 g/mol. The Kier molecular flexibility index (Phi) is 3.49. The van der Waals surface area contributed by atoms with Gasteiger partial charge in [0.25, 0.3) is 5.91 Å². The van der Waals surface area contributed by atoms with Crippen molar-refractivity contribution in [3.8, 4) is 0 Å². The summed E-state index contributed by atoms with van der Waals surface area (Å²) in [5, 5.41) is 1.95. The van der Waals surface area contributed by atoms with Gasteiger partial charge >= 0.3 is 0 Å². The Bertz CT molecular complexity index is 523. The zero-order valence-corrected chi connectivity index (χ0v) is 12.0. The minimum absolute atomic E-state index is 0.0733. The Morgan fingerprint density at radius 3 is 2.60 bits per heavy atom. The molecule has 1 fully saturated rings. The van der Waals surface area contributed by atoms with Gasteiger partial charge in [-0.25, -0.2) is 5.43 Å². The summed E-state index contributed by atoms with van der Waals surface area (Å²) >= 11 is 0. The summed E-state index contributed by atoms with van der Waals surface area (Å²) in [7, 11) is 0. The highest BCUT2D eigenvalue weighted by Gasteiger charge is 2.39. The van der Waals surface area contributed by atoms with E-state index >= 15 is 0 Å². The van der Waals surface area contributed by atoms with E-state index in [-0.39, 0.29) is 18.0 Å². The van der Waals surface area contributed by atoms with E-state index in [0.717, 1.165) is 19.4 Å². The summed E-state index contributed by atoms with van der Waals surface area (Å²) in [4.78, 5) is 14.1. The minimum atomic E-state index is -0.0733. The number of rotatable bonds is 3. The van der Waals surface area contributed by atoms with E-state index in [0.29, 0.717) is 0 Å². The number of amides is 1. The maximum absolute atomic E-state index is 12.3. The standard InChI is InChI=1S/C16H21N3O/c1-3-12-5-7-13(8-6-12)14-11-15-16(20)18(4-2)9-10-19(15)17-14/h5-10,14-15,17H,3-4,11H2,1-2H3. The molecule has 2 aliphatic heterocycles. The SMILES string of the molecule is CCc1ccc(C2CC3C(=O)N(CC)C=CN3N2)cc1. The molecule has 2 unspecified atom stereocenters. The highest BCUT2D eigenvalue weighted by atomic mass is 16.2. The lowest BCUT2D eigenvalue weighted by Gasteiger charge is -2.31. The lowest BCUT2D eigenvalue weighted by Crippen LogP contribution is -2.47. The number of likely N-dealkylation sites (N-methyl/N-ethyl adjacent to an activating group) is 1. The number of hydrazine groups is 1. The Morgan fingerprint density at radius 1 is 1.20 bits per heavy atom. The maximum Gasteiger partial charge on any atom is 0.250 e. The van der Waals surface area contributed by atoms with Crippen molar-refractivity contribution in [2.24, 2.45) is 0 Å². The third-order valence-electron chi connectivity index (χ3n) is 4.21. The number of nitrogens with one attached hydrogen (secondary N) is 1. The molecule has 1 N–H and O–H groups in total. The van der Waals surface area contributed by atoms with E-state index in [2.05, 4.69) is 36.6 Å². The van der Waals surface area contributed by atoms with Gasteiger partial charge in [-0.15, -0.1) is 0 Å². The molecule has 106 valence electrons. The van der Waals surface area contributed by atoms with Gasteiger partial charge in [0, 0.05) is 18.9 Å². The molecule has 0 bridgehead atoms. The number of hydrogen-bond donors (Lipinski definition) is 1. The van der Waals surface area contributed by atoms with Gasteiger partial charge in [0.05, 0.1) is 6.04 Å². The summed E-state index contributed by atoms with van der Waals surface area (Å²) in [6, 6.07) is 8.82. The van der Waals surface area contributed by atoms with Crippen molar-refractivity contribution in [2.75, 3.05) is 6.54 Å². The Labute approximate surface area is 120 Å². The molecule has 2 aliphatic rings. The van der Waals surface area contributed by atoms with Gasteiger partial charge < -0.3 is 9.91 Å². The van der Waals surface area contributed by atoms with Crippen LogP contribution in [0.3, 0.4) is 0 Å². The van der Waals surface area contributed by atoms with Crippen LogP contribution in [-0.2, 0) is 11.2 Å². The highest BCUT2D eigenvalue weighted by molar-refractivity contribution is 5.84. The average Bonchev–Trinajstić information content (AvgIpc) is 2.93. The minimum Gasteiger partial charge on any atom is -0.316 e. The molecule has 0 aliphatic carbocycles. The van der Waals surface area contributed by atoms with Gasteiger partial charge in [-0.3, -0.25) is 4.79 Å². The number of benzene rings is 1. The van der Waals surface area contributed by atoms with Crippen LogP contribution in [0.4, 0.5) is 0 Å². The van der Waals surface area contributed by atoms with Crippen LogP contribution in [0.1, 0.15) is 37.4 Å². The molecule has 2 atom stereocenters. The number of nitrogens with zero attached hydrogens (tertiary/aromatic N) is 2. The van der Waals surface area contributed by atoms with Crippen molar-refractivity contribution in [3.05, 3.63) is 47.8 Å². The van der Waals surface area contributed by atoms with Gasteiger partial charge in [-0.2, -0.15) is 0 Å². The summed E-state index contributed by atoms with van der Waals surface area (Å²) < 4.78 is 0. The van der Waals surface area contributed by atoms with E-state index in [1.807, 2.05) is 24.3 Å². The quantitative estimate of drug-likeness (QED) is 0.915. The average molecular weight is 271 g/mol. The molecule has 2 heterocycles. The molecule has 1 aromatic carbocycles. The van der Waals surface area contributed by atoms with Crippen LogP contribution in [0.5, 0.6) is 0 Å². The summed E-state index contributed by atoms with van der Waals surface area (Å²) in [5.41, 5.74) is 6.02. The van der Waals surface area contributed by atoms with Crippen LogP contribution < -0.4 is 5.43 Å². The van der Waals surface area contributed by atoms with Gasteiger partial charge in [0.1, 0.15) is 6.04 Å². The van der Waals surface area contributed by atoms with Gasteiger partial charge in [0.2, 0.25) is 0 Å². The predicted octanol–water partition coefficient (Wildman–Crippen LogP) is 2.20. The van der Waals surface area contributed by atoms with Crippen molar-refractivity contribution in [1.82, 2.24) is 15.3 Å². The molecule has 1 amide bonds. The highest BCUT2D eigenvalue weighted by Crippen LogP contribution is 2.30. The molecule has 0 aromatic heterocycles. The van der Waals surface area contributed by atoms with E-state index < -0.39 is 0 Å². The van der Waals surface area contributed by atoms with Gasteiger partial charge in [-0.05, 0) is 30.9 Å². The van der Waals surface area contributed by atoms with E-state index in [9.17, 15) is 4.79 Å². The summed E-state index contributed by atoms with van der Waals surface area (Å²) in [6.45, 7) is 4.89. The fraction of sp³-hybridized carbons (Fsp3) is 0.438. The smallest absolute Gasteiger partial charge is 0.250 e. The second-order valence-electron chi connectivity index (χ2n) is 5.36. The molecular weight excluding hydrogens is 250 g/mol. The van der Waals surface area contributed by atoms with Crippen LogP contribution in [-0.4, -0.2) is 28.4 Å². The first-order valence-corrected chi connectivity index (χ1v) is 7.35. The third kappa shape index (κ3) is 2.20. The van der Waals surface area contributed by atoms with Crippen molar-refractivity contribution in [1.29, 1.82) is 0 Å². The van der Waals surface area contributed by atoms with Crippen molar-refractivity contribution >= 4 is 5.91 Å². The lowest BCUT2D eigenvalue weighted by atomic mass is 9.99. The topological polar surface area (TPSA) is 35.6 Å². The first-order valence-electron chi connectivity index (χ1n) is 7.35. The molecule has 4 nitrogen and oxygen atoms in total. The molecule has 20 heavy (non-hydrogen) atoms. The van der Waals surface area contributed by atoms with Crippen LogP contribution >= 0.6 is 0 Å². The first-order chi connectivity index (χ1) is 9.72. The Balaban J connectivity index is 1.76. The van der Waals surface area contributed by atoms with Gasteiger partial charge in [-0.1, -0.05) is 31.2 Å². The molecule has 1 aromatic rings. The van der Waals surface area contributed by atoms with Crippen LogP contribution in [0.15, 0.2) is 36.7 Å². The van der Waals surface area contributed by atoms with Gasteiger partial charge in [0.15, 0.2) is 0 Å². The normalized spacial score (nSPS) is 25.2. The number of fused-ring (bicyclic) bond motifs is 1. The first kappa shape index (κ1) is 13.2. The van der Waals surface area contributed by atoms with Crippen molar-refractivity contribution < 1.29 is 4.79 Å².